The summed E-state index contributed by atoms with van der Waals surface area (Å²) in [6.07, 6.45) is 5.32. The fraction of sp³-hybridized carbons (Fsp3) is 0.500. The van der Waals surface area contributed by atoms with Gasteiger partial charge in [-0.05, 0) is 43.9 Å². The van der Waals surface area contributed by atoms with E-state index in [1.165, 1.54) is 22.9 Å². The van der Waals surface area contributed by atoms with Crippen molar-refractivity contribution in [3.05, 3.63) is 41.7 Å². The number of piperidine rings is 1. The topological polar surface area (TPSA) is 67.2 Å². The first-order valence-electron chi connectivity index (χ1n) is 10.2. The van der Waals surface area contributed by atoms with Crippen LogP contribution in [-0.4, -0.2) is 51.1 Å². The average Bonchev–Trinajstić information content (AvgIpc) is 3.16. The van der Waals surface area contributed by atoms with Crippen LogP contribution in [0.2, 0.25) is 0 Å². The number of thioether (sulfide) groups is 1. The van der Waals surface area contributed by atoms with Crippen molar-refractivity contribution in [2.45, 2.75) is 51.7 Å². The number of hydrogen-bond acceptors (Lipinski definition) is 4. The Morgan fingerprint density at radius 1 is 1.24 bits per heavy atom. The number of carbonyl (C=O) groups excluding carboxylic acids is 2. The van der Waals surface area contributed by atoms with Crippen LogP contribution in [-0.2, 0) is 9.59 Å². The number of nitrogens with one attached hydrogen (secondary N) is 1. The first-order valence-corrected chi connectivity index (χ1v) is 11.2. The highest BCUT2D eigenvalue weighted by molar-refractivity contribution is 7.99. The first kappa shape index (κ1) is 21.4. The minimum Gasteiger partial charge on any atom is -0.353 e. The van der Waals surface area contributed by atoms with Crippen LogP contribution < -0.4 is 5.32 Å². The lowest BCUT2D eigenvalue weighted by atomic mass is 10.0. The van der Waals surface area contributed by atoms with Crippen LogP contribution in [0.25, 0.3) is 5.69 Å². The lowest BCUT2D eigenvalue weighted by molar-refractivity contribution is -0.135. The van der Waals surface area contributed by atoms with Gasteiger partial charge in [-0.25, -0.2) is 4.98 Å². The zero-order valence-corrected chi connectivity index (χ0v) is 18.5. The molecule has 7 heteroatoms. The van der Waals surface area contributed by atoms with E-state index in [1.807, 2.05) is 29.5 Å². The number of nitrogens with zero attached hydrogens (tertiary/aromatic N) is 3. The van der Waals surface area contributed by atoms with E-state index in [9.17, 15) is 9.59 Å². The van der Waals surface area contributed by atoms with Gasteiger partial charge in [0.05, 0.1) is 11.4 Å². The zero-order valence-electron chi connectivity index (χ0n) is 17.6. The van der Waals surface area contributed by atoms with Crippen LogP contribution in [0.4, 0.5) is 0 Å². The van der Waals surface area contributed by atoms with E-state index in [2.05, 4.69) is 42.3 Å². The standard InChI is InChI=1S/C22H30N4O2S/c1-15(2)21(28)25-10-7-18(8-11-25)24-20(27)14-29-22-23-9-12-26(22)19-13-16(3)5-6-17(19)4/h5-6,9,12-13,15,18H,7-8,10-11,14H2,1-4H3,(H,24,27). The highest BCUT2D eigenvalue weighted by Gasteiger charge is 2.25. The predicted molar refractivity (Wildman–Crippen MR) is 116 cm³/mol. The maximum Gasteiger partial charge on any atom is 0.230 e. The molecule has 1 aliphatic rings. The highest BCUT2D eigenvalue weighted by Crippen LogP contribution is 2.23. The number of benzene rings is 1. The SMILES string of the molecule is Cc1ccc(C)c(-n2ccnc2SCC(=O)NC2CCN(C(=O)C(C)C)CC2)c1. The fourth-order valence-electron chi connectivity index (χ4n) is 3.57. The van der Waals surface area contributed by atoms with Crippen molar-refractivity contribution < 1.29 is 9.59 Å². The number of hydrogen-bond donors (Lipinski definition) is 1. The summed E-state index contributed by atoms with van der Waals surface area (Å²) < 4.78 is 2.04. The molecule has 0 aliphatic carbocycles. The summed E-state index contributed by atoms with van der Waals surface area (Å²) in [5, 5.41) is 3.93. The summed E-state index contributed by atoms with van der Waals surface area (Å²) in [5.41, 5.74) is 3.45. The van der Waals surface area contributed by atoms with E-state index in [1.54, 1.807) is 6.20 Å². The molecule has 1 aromatic heterocycles. The summed E-state index contributed by atoms with van der Waals surface area (Å²) in [7, 11) is 0. The molecule has 0 spiro atoms. The van der Waals surface area contributed by atoms with Crippen LogP contribution in [0.15, 0.2) is 35.7 Å². The molecule has 1 aromatic carbocycles. The molecule has 0 saturated carbocycles. The molecule has 1 saturated heterocycles. The van der Waals surface area contributed by atoms with Gasteiger partial charge >= 0.3 is 0 Å². The van der Waals surface area contributed by atoms with Crippen LogP contribution in [0, 0.1) is 19.8 Å². The number of aromatic nitrogens is 2. The molecule has 0 bridgehead atoms. The summed E-state index contributed by atoms with van der Waals surface area (Å²) in [6, 6.07) is 6.46. The van der Waals surface area contributed by atoms with E-state index >= 15 is 0 Å². The van der Waals surface area contributed by atoms with Gasteiger partial charge in [0.25, 0.3) is 0 Å². The quantitative estimate of drug-likeness (QED) is 0.736. The largest absolute Gasteiger partial charge is 0.353 e. The Balaban J connectivity index is 1.52. The second-order valence-electron chi connectivity index (χ2n) is 7.98. The number of carbonyl (C=O) groups is 2. The summed E-state index contributed by atoms with van der Waals surface area (Å²) in [6.45, 7) is 9.43. The number of amides is 2. The van der Waals surface area contributed by atoms with Gasteiger partial charge in [0.15, 0.2) is 5.16 Å². The first-order chi connectivity index (χ1) is 13.8. The summed E-state index contributed by atoms with van der Waals surface area (Å²) in [5.74, 6) is 0.564. The fourth-order valence-corrected chi connectivity index (χ4v) is 4.34. The van der Waals surface area contributed by atoms with Gasteiger partial charge in [-0.1, -0.05) is 37.7 Å². The molecule has 0 radical (unpaired) electrons. The molecule has 1 fully saturated rings. The van der Waals surface area contributed by atoms with Crippen molar-refractivity contribution in [3.8, 4) is 5.69 Å². The Hall–Kier alpha value is -2.28. The normalized spacial score (nSPS) is 15.0. The Labute approximate surface area is 177 Å². The van der Waals surface area contributed by atoms with Crippen molar-refractivity contribution in [3.63, 3.8) is 0 Å². The van der Waals surface area contributed by atoms with E-state index in [4.69, 9.17) is 0 Å². The Kier molecular flexibility index (Phi) is 7.00. The molecule has 156 valence electrons. The zero-order chi connectivity index (χ0) is 21.0. The van der Waals surface area contributed by atoms with Crippen LogP contribution in [0.1, 0.15) is 37.8 Å². The molecule has 2 aromatic rings. The van der Waals surface area contributed by atoms with Crippen molar-refractivity contribution in [1.29, 1.82) is 0 Å². The van der Waals surface area contributed by atoms with Gasteiger partial charge < -0.3 is 10.2 Å². The number of aryl methyl sites for hydroxylation is 2. The third kappa shape index (κ3) is 5.41. The van der Waals surface area contributed by atoms with Gasteiger partial charge in [-0.3, -0.25) is 14.2 Å². The molecule has 1 N–H and O–H groups in total. The third-order valence-corrected chi connectivity index (χ3v) is 6.20. The van der Waals surface area contributed by atoms with E-state index in [-0.39, 0.29) is 23.8 Å². The van der Waals surface area contributed by atoms with Crippen LogP contribution >= 0.6 is 11.8 Å². The van der Waals surface area contributed by atoms with E-state index < -0.39 is 0 Å². The number of imidazole rings is 1. The maximum absolute atomic E-state index is 12.4. The minimum absolute atomic E-state index is 0.0131. The van der Waals surface area contributed by atoms with Crippen LogP contribution in [0.3, 0.4) is 0 Å². The minimum atomic E-state index is 0.0131. The third-order valence-electron chi connectivity index (χ3n) is 5.23. The second kappa shape index (κ2) is 9.48. The van der Waals surface area contributed by atoms with Crippen LogP contribution in [0.5, 0.6) is 0 Å². The predicted octanol–water partition coefficient (Wildman–Crippen LogP) is 3.34. The van der Waals surface area contributed by atoms with Crippen molar-refractivity contribution in [2.24, 2.45) is 5.92 Å². The van der Waals surface area contributed by atoms with E-state index in [0.29, 0.717) is 18.8 Å². The molecule has 1 aliphatic heterocycles. The maximum atomic E-state index is 12.4. The monoisotopic (exact) mass is 414 g/mol. The second-order valence-corrected chi connectivity index (χ2v) is 8.92. The number of rotatable bonds is 6. The van der Waals surface area contributed by atoms with Crippen molar-refractivity contribution >= 4 is 23.6 Å². The van der Waals surface area contributed by atoms with Gasteiger partial charge in [-0.15, -0.1) is 0 Å². The van der Waals surface area contributed by atoms with Crippen molar-refractivity contribution in [1.82, 2.24) is 19.8 Å². The Morgan fingerprint density at radius 3 is 2.66 bits per heavy atom. The Morgan fingerprint density at radius 2 is 1.97 bits per heavy atom. The molecule has 2 amide bonds. The molecule has 0 unspecified atom stereocenters. The molecular weight excluding hydrogens is 384 g/mol. The molecular formula is C22H30N4O2S. The highest BCUT2D eigenvalue weighted by atomic mass is 32.2. The lowest BCUT2D eigenvalue weighted by Gasteiger charge is -2.33. The Bertz CT molecular complexity index is 869. The van der Waals surface area contributed by atoms with Gasteiger partial charge in [0.1, 0.15) is 0 Å². The molecule has 6 nitrogen and oxygen atoms in total. The molecule has 3 rings (SSSR count). The van der Waals surface area contributed by atoms with E-state index in [0.717, 1.165) is 23.7 Å². The van der Waals surface area contributed by atoms with Gasteiger partial charge in [-0.2, -0.15) is 0 Å². The van der Waals surface area contributed by atoms with Crippen molar-refractivity contribution in [2.75, 3.05) is 18.8 Å². The summed E-state index contributed by atoms with van der Waals surface area (Å²) in [4.78, 5) is 30.9. The van der Waals surface area contributed by atoms with Gasteiger partial charge in [0.2, 0.25) is 11.8 Å². The summed E-state index contributed by atoms with van der Waals surface area (Å²) >= 11 is 1.44. The smallest absolute Gasteiger partial charge is 0.230 e. The molecule has 2 heterocycles. The molecule has 0 atom stereocenters. The van der Waals surface area contributed by atoms with Gasteiger partial charge in [0, 0.05) is 37.4 Å². The molecule has 29 heavy (non-hydrogen) atoms. The average molecular weight is 415 g/mol. The lowest BCUT2D eigenvalue weighted by Crippen LogP contribution is -2.47. The number of likely N-dealkylation sites (tertiary alicyclic amines) is 1.